The number of hydrogen-bond acceptors (Lipinski definition) is 4. The van der Waals surface area contributed by atoms with Gasteiger partial charge in [-0.2, -0.15) is 0 Å². The van der Waals surface area contributed by atoms with Crippen molar-refractivity contribution in [3.05, 3.63) is 65.9 Å². The van der Waals surface area contributed by atoms with Gasteiger partial charge >= 0.3 is 0 Å². The van der Waals surface area contributed by atoms with Gasteiger partial charge in [0.15, 0.2) is 0 Å². The molecule has 1 aliphatic rings. The van der Waals surface area contributed by atoms with Crippen LogP contribution in [0.25, 0.3) is 6.08 Å². The minimum Gasteiger partial charge on any atom is -0.504 e. The van der Waals surface area contributed by atoms with Crippen LogP contribution in [0.3, 0.4) is 0 Å². The number of hydrogen-bond donors (Lipinski definition) is 0. The number of anilines is 1. The smallest absolute Gasteiger partial charge is 0.0831 e. The quantitative estimate of drug-likeness (QED) is 0.315. The summed E-state index contributed by atoms with van der Waals surface area (Å²) in [4.78, 5) is 6.43. The van der Waals surface area contributed by atoms with Gasteiger partial charge in [-0.25, -0.2) is 0 Å². The molecular formula is C24H32N2OS. The summed E-state index contributed by atoms with van der Waals surface area (Å²) in [6.07, 6.45) is 6.41. The monoisotopic (exact) mass is 396 g/mol. The molecule has 0 aliphatic carbocycles. The molecule has 1 saturated heterocycles. The van der Waals surface area contributed by atoms with E-state index in [-0.39, 0.29) is 0 Å². The minimum absolute atomic E-state index is 1.04. The lowest BCUT2D eigenvalue weighted by molar-refractivity contribution is 0.250. The van der Waals surface area contributed by atoms with Crippen molar-refractivity contribution in [2.45, 2.75) is 31.2 Å². The van der Waals surface area contributed by atoms with E-state index in [0.29, 0.717) is 0 Å². The molecule has 2 aromatic carbocycles. The third-order valence-corrected chi connectivity index (χ3v) is 6.29. The number of thioether (sulfide) groups is 1. The van der Waals surface area contributed by atoms with E-state index in [2.05, 4.69) is 71.3 Å². The maximum absolute atomic E-state index is 5.24. The largest absolute Gasteiger partial charge is 0.504 e. The maximum Gasteiger partial charge on any atom is 0.0831 e. The van der Waals surface area contributed by atoms with Crippen molar-refractivity contribution >= 4 is 23.5 Å². The Balaban J connectivity index is 1.69. The van der Waals surface area contributed by atoms with Crippen LogP contribution in [0.15, 0.2) is 59.7 Å². The molecule has 0 spiro atoms. The summed E-state index contributed by atoms with van der Waals surface area (Å²) in [6, 6.07) is 17.5. The van der Waals surface area contributed by atoms with Crippen LogP contribution >= 0.6 is 11.8 Å². The molecule has 28 heavy (non-hydrogen) atoms. The van der Waals surface area contributed by atoms with Crippen molar-refractivity contribution in [1.82, 2.24) is 4.90 Å². The molecule has 0 aromatic heterocycles. The first-order valence-corrected chi connectivity index (χ1v) is 11.3. The molecule has 1 aliphatic heterocycles. The third-order valence-electron chi connectivity index (χ3n) is 5.13. The summed E-state index contributed by atoms with van der Waals surface area (Å²) in [7, 11) is 1.71. The number of benzene rings is 2. The zero-order valence-corrected chi connectivity index (χ0v) is 18.0. The molecule has 0 amide bonds. The van der Waals surface area contributed by atoms with E-state index in [0.717, 1.165) is 32.7 Å². The van der Waals surface area contributed by atoms with E-state index in [9.17, 15) is 0 Å². The van der Waals surface area contributed by atoms with E-state index >= 15 is 0 Å². The normalized spacial score (nSPS) is 15.3. The lowest BCUT2D eigenvalue weighted by Crippen LogP contribution is -2.46. The SMILES string of the molecule is CCCCSc1cccc(N2CCN(Cc3ccccc3)CC2)c1/C=C/OC. The highest BCUT2D eigenvalue weighted by Crippen LogP contribution is 2.33. The van der Waals surface area contributed by atoms with E-state index in [1.165, 1.54) is 40.3 Å². The Labute approximate surface area is 174 Å². The fourth-order valence-corrected chi connectivity index (χ4v) is 4.71. The van der Waals surface area contributed by atoms with Gasteiger partial charge in [-0.05, 0) is 35.9 Å². The molecule has 0 radical (unpaired) electrons. The minimum atomic E-state index is 1.04. The number of piperazine rings is 1. The summed E-state index contributed by atoms with van der Waals surface area (Å²) < 4.78 is 5.24. The van der Waals surface area contributed by atoms with Gasteiger partial charge in [-0.3, -0.25) is 4.90 Å². The molecule has 0 N–H and O–H groups in total. The molecule has 1 heterocycles. The predicted octanol–water partition coefficient (Wildman–Crippen LogP) is 5.52. The second kappa shape index (κ2) is 11.2. The van der Waals surface area contributed by atoms with Crippen LogP contribution in [0, 0.1) is 0 Å². The highest BCUT2D eigenvalue weighted by molar-refractivity contribution is 7.99. The van der Waals surface area contributed by atoms with Crippen molar-refractivity contribution < 1.29 is 4.74 Å². The second-order valence-electron chi connectivity index (χ2n) is 7.18. The Bertz CT molecular complexity index is 740. The predicted molar refractivity (Wildman–Crippen MR) is 122 cm³/mol. The first-order valence-electron chi connectivity index (χ1n) is 10.3. The molecule has 0 saturated carbocycles. The molecule has 1 fully saturated rings. The standard InChI is InChI=1S/C24H32N2OS/c1-3-4-19-28-24-12-8-11-23(22(24)13-18-27-2)26-16-14-25(15-17-26)20-21-9-6-5-7-10-21/h5-13,18H,3-4,14-17,19-20H2,1-2H3/b18-13+. The number of methoxy groups -OCH3 is 1. The van der Waals surface area contributed by atoms with Crippen LogP contribution in [-0.4, -0.2) is 43.9 Å². The van der Waals surface area contributed by atoms with Crippen LogP contribution < -0.4 is 4.90 Å². The summed E-state index contributed by atoms with van der Waals surface area (Å²) in [5.74, 6) is 1.17. The number of rotatable bonds is 9. The first-order chi connectivity index (χ1) is 13.8. The summed E-state index contributed by atoms with van der Waals surface area (Å²) >= 11 is 1.96. The second-order valence-corrected chi connectivity index (χ2v) is 8.31. The van der Waals surface area contributed by atoms with Gasteiger partial charge < -0.3 is 9.64 Å². The molecule has 150 valence electrons. The van der Waals surface area contributed by atoms with Gasteiger partial charge in [0.2, 0.25) is 0 Å². The summed E-state index contributed by atoms with van der Waals surface area (Å²) in [5, 5.41) is 0. The highest BCUT2D eigenvalue weighted by atomic mass is 32.2. The van der Waals surface area contributed by atoms with Crippen molar-refractivity contribution in [3.63, 3.8) is 0 Å². The highest BCUT2D eigenvalue weighted by Gasteiger charge is 2.20. The molecule has 0 bridgehead atoms. The zero-order chi connectivity index (χ0) is 19.6. The topological polar surface area (TPSA) is 15.7 Å². The average Bonchev–Trinajstić information content (AvgIpc) is 2.74. The zero-order valence-electron chi connectivity index (χ0n) is 17.1. The number of unbranched alkanes of at least 4 members (excludes halogenated alkanes) is 1. The van der Waals surface area contributed by atoms with Gasteiger partial charge in [0.25, 0.3) is 0 Å². The van der Waals surface area contributed by atoms with Crippen LogP contribution in [0.5, 0.6) is 0 Å². The summed E-state index contributed by atoms with van der Waals surface area (Å²) in [5.41, 5.74) is 4.02. The lowest BCUT2D eigenvalue weighted by atomic mass is 10.1. The Morgan fingerprint density at radius 1 is 1.00 bits per heavy atom. The molecule has 4 heteroatoms. The van der Waals surface area contributed by atoms with Crippen LogP contribution in [0.1, 0.15) is 30.9 Å². The third kappa shape index (κ3) is 5.79. The van der Waals surface area contributed by atoms with Crippen LogP contribution in [0.2, 0.25) is 0 Å². The maximum atomic E-state index is 5.24. The molecule has 3 nitrogen and oxygen atoms in total. The van der Waals surface area contributed by atoms with E-state index in [1.807, 2.05) is 11.8 Å². The lowest BCUT2D eigenvalue weighted by Gasteiger charge is -2.37. The van der Waals surface area contributed by atoms with Gasteiger partial charge in [0.1, 0.15) is 0 Å². The average molecular weight is 397 g/mol. The van der Waals surface area contributed by atoms with E-state index < -0.39 is 0 Å². The van der Waals surface area contributed by atoms with E-state index in [1.54, 1.807) is 13.4 Å². The van der Waals surface area contributed by atoms with Crippen molar-refractivity contribution in [2.24, 2.45) is 0 Å². The molecule has 3 rings (SSSR count). The van der Waals surface area contributed by atoms with E-state index in [4.69, 9.17) is 4.74 Å². The summed E-state index contributed by atoms with van der Waals surface area (Å²) in [6.45, 7) is 7.59. The number of ether oxygens (including phenoxy) is 1. The fraction of sp³-hybridized carbons (Fsp3) is 0.417. The Hall–Kier alpha value is -1.91. The Kier molecular flexibility index (Phi) is 8.31. The molecular weight excluding hydrogens is 364 g/mol. The van der Waals surface area contributed by atoms with Crippen LogP contribution in [0.4, 0.5) is 5.69 Å². The Morgan fingerprint density at radius 2 is 1.79 bits per heavy atom. The Morgan fingerprint density at radius 3 is 2.50 bits per heavy atom. The van der Waals surface area contributed by atoms with Gasteiger partial charge in [-0.15, -0.1) is 11.8 Å². The van der Waals surface area contributed by atoms with Gasteiger partial charge in [0, 0.05) is 48.9 Å². The van der Waals surface area contributed by atoms with Crippen molar-refractivity contribution in [2.75, 3.05) is 43.9 Å². The van der Waals surface area contributed by atoms with Gasteiger partial charge in [0.05, 0.1) is 13.4 Å². The molecule has 0 unspecified atom stereocenters. The van der Waals surface area contributed by atoms with Gasteiger partial charge in [-0.1, -0.05) is 49.7 Å². The molecule has 2 aromatic rings. The van der Waals surface area contributed by atoms with Crippen molar-refractivity contribution in [3.8, 4) is 0 Å². The fourth-order valence-electron chi connectivity index (χ4n) is 3.55. The number of nitrogens with zero attached hydrogens (tertiary/aromatic N) is 2. The first kappa shape index (κ1) is 20.8. The van der Waals surface area contributed by atoms with Crippen LogP contribution in [-0.2, 0) is 11.3 Å². The molecule has 0 atom stereocenters. The van der Waals surface area contributed by atoms with Crippen molar-refractivity contribution in [1.29, 1.82) is 0 Å².